The molecule has 3 N–H and O–H groups in total. The van der Waals surface area contributed by atoms with Gasteiger partial charge in [0.05, 0.1) is 6.42 Å². The van der Waals surface area contributed by atoms with Crippen LogP contribution in [0.4, 0.5) is 0 Å². The highest BCUT2D eigenvalue weighted by atomic mass is 35.5. The van der Waals surface area contributed by atoms with Gasteiger partial charge in [0.15, 0.2) is 11.5 Å². The molecule has 0 radical (unpaired) electrons. The van der Waals surface area contributed by atoms with E-state index in [0.717, 1.165) is 0 Å². The van der Waals surface area contributed by atoms with Gasteiger partial charge in [-0.15, -0.1) is 0 Å². The summed E-state index contributed by atoms with van der Waals surface area (Å²) in [4.78, 5) is 10.6. The Hall–Kier alpha value is -1.46. The number of nitrogens with two attached hydrogens (primary N) is 1. The first-order valence-corrected chi connectivity index (χ1v) is 5.52. The molecule has 0 saturated carbocycles. The summed E-state index contributed by atoms with van der Waals surface area (Å²) < 4.78 is 10.7. The van der Waals surface area contributed by atoms with E-state index in [-0.39, 0.29) is 6.42 Å². The Morgan fingerprint density at radius 3 is 2.59 bits per heavy atom. The van der Waals surface area contributed by atoms with Crippen LogP contribution in [0.3, 0.4) is 0 Å². The lowest BCUT2D eigenvalue weighted by Gasteiger charge is -2.21. The standard InChI is InChI=1S/C11H12ClNO4/c12-7-4-10-9(16-1-2-17-10)3-6(7)8(13)5-11(14)15/h3-4,8H,1-2,5,13H2,(H,14,15). The highest BCUT2D eigenvalue weighted by Crippen LogP contribution is 2.37. The fourth-order valence-electron chi connectivity index (χ4n) is 1.66. The van der Waals surface area contributed by atoms with Crippen LogP contribution in [0, 0.1) is 0 Å². The molecule has 0 aromatic heterocycles. The highest BCUT2D eigenvalue weighted by Gasteiger charge is 2.19. The van der Waals surface area contributed by atoms with E-state index in [1.165, 1.54) is 0 Å². The van der Waals surface area contributed by atoms with Crippen LogP contribution in [-0.4, -0.2) is 24.3 Å². The molecule has 1 heterocycles. The molecule has 1 aromatic rings. The maximum absolute atomic E-state index is 10.6. The lowest BCUT2D eigenvalue weighted by molar-refractivity contribution is -0.137. The number of ether oxygens (including phenoxy) is 2. The van der Waals surface area contributed by atoms with Gasteiger partial charge in [0.1, 0.15) is 13.2 Å². The van der Waals surface area contributed by atoms with Crippen LogP contribution in [0.5, 0.6) is 11.5 Å². The molecule has 1 aliphatic rings. The Kier molecular flexibility index (Phi) is 3.40. The molecular formula is C11H12ClNO4. The van der Waals surface area contributed by atoms with Crippen molar-refractivity contribution in [3.05, 3.63) is 22.7 Å². The molecule has 92 valence electrons. The van der Waals surface area contributed by atoms with Gasteiger partial charge in [-0.1, -0.05) is 11.6 Å². The topological polar surface area (TPSA) is 81.8 Å². The van der Waals surface area contributed by atoms with Crippen LogP contribution in [0.25, 0.3) is 0 Å². The first-order chi connectivity index (χ1) is 8.08. The van der Waals surface area contributed by atoms with E-state index in [2.05, 4.69) is 0 Å². The maximum Gasteiger partial charge on any atom is 0.305 e. The third-order valence-corrected chi connectivity index (χ3v) is 2.78. The molecule has 1 atom stereocenters. The van der Waals surface area contributed by atoms with Gasteiger partial charge in [0.25, 0.3) is 0 Å². The third kappa shape index (κ3) is 2.62. The SMILES string of the molecule is NC(CC(=O)O)c1cc2c(cc1Cl)OCCO2. The van der Waals surface area contributed by atoms with Gasteiger partial charge < -0.3 is 20.3 Å². The third-order valence-electron chi connectivity index (χ3n) is 2.46. The van der Waals surface area contributed by atoms with E-state index in [9.17, 15) is 4.79 Å². The van der Waals surface area contributed by atoms with Crippen molar-refractivity contribution in [3.63, 3.8) is 0 Å². The summed E-state index contributed by atoms with van der Waals surface area (Å²) in [6.45, 7) is 0.937. The summed E-state index contributed by atoms with van der Waals surface area (Å²) >= 11 is 6.03. The Balaban J connectivity index is 2.31. The number of fused-ring (bicyclic) bond motifs is 1. The van der Waals surface area contributed by atoms with E-state index in [1.807, 2.05) is 0 Å². The van der Waals surface area contributed by atoms with E-state index >= 15 is 0 Å². The lowest BCUT2D eigenvalue weighted by Crippen LogP contribution is -2.18. The fraction of sp³-hybridized carbons (Fsp3) is 0.364. The average Bonchev–Trinajstić information content (AvgIpc) is 2.27. The highest BCUT2D eigenvalue weighted by molar-refractivity contribution is 6.31. The van der Waals surface area contributed by atoms with Crippen molar-refractivity contribution in [3.8, 4) is 11.5 Å². The number of aliphatic carboxylic acids is 1. The predicted octanol–water partition coefficient (Wildman–Crippen LogP) is 1.59. The molecule has 1 aromatic carbocycles. The molecular weight excluding hydrogens is 246 g/mol. The molecule has 0 amide bonds. The monoisotopic (exact) mass is 257 g/mol. The molecule has 0 bridgehead atoms. The number of carboxylic acid groups (broad SMARTS) is 1. The zero-order chi connectivity index (χ0) is 12.4. The number of halogens is 1. The van der Waals surface area contributed by atoms with E-state index in [4.69, 9.17) is 31.9 Å². The summed E-state index contributed by atoms with van der Waals surface area (Å²) in [5.74, 6) is 0.146. The number of benzene rings is 1. The van der Waals surface area contributed by atoms with Gasteiger partial charge in [-0.2, -0.15) is 0 Å². The van der Waals surface area contributed by atoms with E-state index in [1.54, 1.807) is 12.1 Å². The summed E-state index contributed by atoms with van der Waals surface area (Å²) in [6, 6.07) is 2.59. The second kappa shape index (κ2) is 4.81. The lowest BCUT2D eigenvalue weighted by atomic mass is 10.0. The number of hydrogen-bond acceptors (Lipinski definition) is 4. The average molecular weight is 258 g/mol. The van der Waals surface area contributed by atoms with Crippen LogP contribution >= 0.6 is 11.6 Å². The van der Waals surface area contributed by atoms with Crippen molar-refractivity contribution in [1.29, 1.82) is 0 Å². The molecule has 0 saturated heterocycles. The van der Waals surface area contributed by atoms with Gasteiger partial charge in [-0.25, -0.2) is 0 Å². The predicted molar refractivity (Wildman–Crippen MR) is 61.6 cm³/mol. The van der Waals surface area contributed by atoms with Crippen molar-refractivity contribution in [2.45, 2.75) is 12.5 Å². The number of hydrogen-bond donors (Lipinski definition) is 2. The van der Waals surface area contributed by atoms with Crippen molar-refractivity contribution < 1.29 is 19.4 Å². The Morgan fingerprint density at radius 1 is 1.41 bits per heavy atom. The fourth-order valence-corrected chi connectivity index (χ4v) is 1.96. The largest absolute Gasteiger partial charge is 0.486 e. The van der Waals surface area contributed by atoms with Crippen LogP contribution in [0.2, 0.25) is 5.02 Å². The normalized spacial score (nSPS) is 15.4. The van der Waals surface area contributed by atoms with E-state index in [0.29, 0.717) is 35.3 Å². The molecule has 17 heavy (non-hydrogen) atoms. The molecule has 0 fully saturated rings. The number of carboxylic acids is 1. The zero-order valence-corrected chi connectivity index (χ0v) is 9.74. The maximum atomic E-state index is 10.6. The minimum Gasteiger partial charge on any atom is -0.486 e. The van der Waals surface area contributed by atoms with Crippen LogP contribution in [0.15, 0.2) is 12.1 Å². The van der Waals surface area contributed by atoms with E-state index < -0.39 is 12.0 Å². The molecule has 1 aliphatic heterocycles. The van der Waals surface area contributed by atoms with Gasteiger partial charge in [-0.3, -0.25) is 4.79 Å². The minimum absolute atomic E-state index is 0.181. The van der Waals surface area contributed by atoms with Crippen molar-refractivity contribution in [1.82, 2.24) is 0 Å². The van der Waals surface area contributed by atoms with Crippen molar-refractivity contribution in [2.24, 2.45) is 5.73 Å². The van der Waals surface area contributed by atoms with Crippen LogP contribution < -0.4 is 15.2 Å². The van der Waals surface area contributed by atoms with Gasteiger partial charge in [0.2, 0.25) is 0 Å². The van der Waals surface area contributed by atoms with Crippen molar-refractivity contribution in [2.75, 3.05) is 13.2 Å². The second-order valence-electron chi connectivity index (χ2n) is 3.72. The Bertz CT molecular complexity index is 449. The van der Waals surface area contributed by atoms with Gasteiger partial charge in [0, 0.05) is 17.1 Å². The quantitative estimate of drug-likeness (QED) is 0.859. The Labute approximate surface area is 103 Å². The second-order valence-corrected chi connectivity index (χ2v) is 4.13. The summed E-state index contributed by atoms with van der Waals surface area (Å²) in [6.07, 6.45) is -0.181. The summed E-state index contributed by atoms with van der Waals surface area (Å²) in [7, 11) is 0. The van der Waals surface area contributed by atoms with Crippen LogP contribution in [-0.2, 0) is 4.79 Å². The molecule has 0 aliphatic carbocycles. The molecule has 2 rings (SSSR count). The smallest absolute Gasteiger partial charge is 0.305 e. The summed E-state index contributed by atoms with van der Waals surface area (Å²) in [5, 5.41) is 9.09. The van der Waals surface area contributed by atoms with Gasteiger partial charge in [-0.05, 0) is 11.6 Å². The first kappa shape index (κ1) is 12.0. The van der Waals surface area contributed by atoms with Crippen molar-refractivity contribution >= 4 is 17.6 Å². The number of carbonyl (C=O) groups is 1. The zero-order valence-electron chi connectivity index (χ0n) is 8.98. The first-order valence-electron chi connectivity index (χ1n) is 5.14. The molecule has 1 unspecified atom stereocenters. The number of rotatable bonds is 3. The minimum atomic E-state index is -0.969. The van der Waals surface area contributed by atoms with Gasteiger partial charge >= 0.3 is 5.97 Å². The molecule has 6 heteroatoms. The Morgan fingerprint density at radius 2 is 2.00 bits per heavy atom. The van der Waals surface area contributed by atoms with Crippen LogP contribution in [0.1, 0.15) is 18.0 Å². The summed E-state index contributed by atoms with van der Waals surface area (Å²) in [5.41, 5.74) is 6.32. The molecule has 5 nitrogen and oxygen atoms in total. The molecule has 0 spiro atoms.